The summed E-state index contributed by atoms with van der Waals surface area (Å²) in [6.45, 7) is 7.73. The minimum Gasteiger partial charge on any atom is -0.282 e. The molecule has 0 spiro atoms. The highest BCUT2D eigenvalue weighted by Crippen LogP contribution is 2.64. The molecule has 0 aromatic carbocycles. The Labute approximate surface area is 140 Å². The van der Waals surface area contributed by atoms with Gasteiger partial charge in [-0.1, -0.05) is 20.8 Å². The van der Waals surface area contributed by atoms with Crippen LogP contribution in [0.5, 0.6) is 0 Å². The molecule has 0 radical (unpaired) electrons. The fourth-order valence-electron chi connectivity index (χ4n) is 7.69. The molecule has 126 valence electrons. The van der Waals surface area contributed by atoms with Crippen molar-refractivity contribution in [3.63, 3.8) is 0 Å². The molecule has 3 saturated carbocycles. The average molecular weight is 313 g/mol. The lowest BCUT2D eigenvalue weighted by atomic mass is 9.46. The van der Waals surface area contributed by atoms with Gasteiger partial charge in [0.25, 0.3) is 0 Å². The first kappa shape index (κ1) is 14.5. The molecule has 0 bridgehead atoms. The molecule has 3 fully saturated rings. The summed E-state index contributed by atoms with van der Waals surface area (Å²) in [5.41, 5.74) is 4.12. The van der Waals surface area contributed by atoms with Gasteiger partial charge < -0.3 is 0 Å². The Balaban J connectivity index is 1.48. The lowest BCUT2D eigenvalue weighted by Gasteiger charge is -2.58. The molecule has 2 nitrogen and oxygen atoms in total. The number of hydrogen-bond donors (Lipinski definition) is 1. The summed E-state index contributed by atoms with van der Waals surface area (Å²) < 4.78 is 0. The number of H-pyrrole nitrogens is 1. The van der Waals surface area contributed by atoms with Crippen LogP contribution in [-0.2, 0) is 12.8 Å². The summed E-state index contributed by atoms with van der Waals surface area (Å²) in [7, 11) is 0. The van der Waals surface area contributed by atoms with Crippen LogP contribution in [0.1, 0.15) is 70.6 Å². The highest BCUT2D eigenvalue weighted by atomic mass is 15.1. The van der Waals surface area contributed by atoms with Gasteiger partial charge in [0.2, 0.25) is 0 Å². The maximum atomic E-state index is 4.34. The minimum absolute atomic E-state index is 0.539. The molecule has 4 aliphatic carbocycles. The summed E-state index contributed by atoms with van der Waals surface area (Å²) in [5, 5.41) is 7.62. The summed E-state index contributed by atoms with van der Waals surface area (Å²) >= 11 is 0. The van der Waals surface area contributed by atoms with Crippen molar-refractivity contribution in [2.45, 2.75) is 72.1 Å². The molecule has 4 aliphatic rings. The van der Waals surface area contributed by atoms with E-state index in [4.69, 9.17) is 0 Å². The molecule has 23 heavy (non-hydrogen) atoms. The Kier molecular flexibility index (Phi) is 2.93. The molecule has 0 saturated heterocycles. The standard InChI is InChI=1S/C21H32N2/c1-20(2)9-8-16-15-5-4-14-10-19-13(12-22-23-19)11-21(14,3)18(15)7-6-17(16)20/h12,14-18H,4-11H2,1-3H3,(H,22,23)/t14-,15-,16-,17-,18-,21-/m0/s1. The lowest BCUT2D eigenvalue weighted by Crippen LogP contribution is -2.52. The van der Waals surface area contributed by atoms with E-state index in [0.717, 1.165) is 29.6 Å². The fraction of sp³-hybridized carbons (Fsp3) is 0.857. The second-order valence-electron chi connectivity index (χ2n) is 10.2. The Morgan fingerprint density at radius 1 is 1.00 bits per heavy atom. The van der Waals surface area contributed by atoms with Gasteiger partial charge in [-0.05, 0) is 97.3 Å². The highest BCUT2D eigenvalue weighted by molar-refractivity contribution is 5.25. The molecule has 0 amide bonds. The molecule has 0 aliphatic heterocycles. The fourth-order valence-corrected chi connectivity index (χ4v) is 7.69. The van der Waals surface area contributed by atoms with Crippen LogP contribution in [0.2, 0.25) is 0 Å². The Hall–Kier alpha value is -0.790. The molecule has 6 atom stereocenters. The van der Waals surface area contributed by atoms with Crippen LogP contribution in [-0.4, -0.2) is 10.2 Å². The number of nitrogens with zero attached hydrogens (tertiary/aromatic N) is 1. The normalized spacial score (nSPS) is 47.3. The van der Waals surface area contributed by atoms with Crippen molar-refractivity contribution in [2.24, 2.45) is 40.4 Å². The third-order valence-electron chi connectivity index (χ3n) is 8.96. The zero-order valence-corrected chi connectivity index (χ0v) is 15.1. The van der Waals surface area contributed by atoms with Gasteiger partial charge in [0.15, 0.2) is 0 Å². The van der Waals surface area contributed by atoms with E-state index < -0.39 is 0 Å². The van der Waals surface area contributed by atoms with Crippen molar-refractivity contribution in [3.8, 4) is 0 Å². The number of nitrogens with one attached hydrogen (secondary N) is 1. The zero-order valence-electron chi connectivity index (χ0n) is 15.1. The first-order chi connectivity index (χ1) is 11.0. The minimum atomic E-state index is 0.539. The maximum absolute atomic E-state index is 4.34. The third kappa shape index (κ3) is 1.90. The Morgan fingerprint density at radius 3 is 2.65 bits per heavy atom. The monoisotopic (exact) mass is 312 g/mol. The molecule has 1 heterocycles. The van der Waals surface area contributed by atoms with Crippen molar-refractivity contribution >= 4 is 0 Å². The van der Waals surface area contributed by atoms with Crippen molar-refractivity contribution in [1.29, 1.82) is 0 Å². The second-order valence-corrected chi connectivity index (χ2v) is 10.2. The number of aromatic amines is 1. The van der Waals surface area contributed by atoms with E-state index in [0.29, 0.717) is 10.8 Å². The Morgan fingerprint density at radius 2 is 1.78 bits per heavy atom. The number of hydrogen-bond acceptors (Lipinski definition) is 1. The van der Waals surface area contributed by atoms with Gasteiger partial charge in [-0.3, -0.25) is 5.10 Å². The predicted octanol–water partition coefficient (Wildman–Crippen LogP) is 5.00. The van der Waals surface area contributed by atoms with Crippen LogP contribution < -0.4 is 0 Å². The molecule has 1 aromatic rings. The van der Waals surface area contributed by atoms with E-state index in [1.165, 1.54) is 62.6 Å². The van der Waals surface area contributed by atoms with Gasteiger partial charge in [0.1, 0.15) is 0 Å². The zero-order chi connectivity index (χ0) is 15.8. The SMILES string of the molecule is CC1(C)CC[C@H]2[C@@H]3CC[C@H]4Cc5[nH]ncc5C[C@]4(C)[C@H]3CC[C@@H]21. The molecule has 1 aromatic heterocycles. The Bertz CT molecular complexity index is 615. The van der Waals surface area contributed by atoms with Gasteiger partial charge in [0, 0.05) is 5.69 Å². The average Bonchev–Trinajstić information content (AvgIpc) is 3.08. The highest BCUT2D eigenvalue weighted by Gasteiger charge is 2.57. The van der Waals surface area contributed by atoms with Gasteiger partial charge >= 0.3 is 0 Å². The smallest absolute Gasteiger partial charge is 0.0522 e. The lowest BCUT2D eigenvalue weighted by molar-refractivity contribution is -0.0772. The number of fused-ring (bicyclic) bond motifs is 6. The summed E-state index contributed by atoms with van der Waals surface area (Å²) in [6, 6.07) is 0. The van der Waals surface area contributed by atoms with Gasteiger partial charge in [-0.2, -0.15) is 5.10 Å². The summed E-state index contributed by atoms with van der Waals surface area (Å²) in [5.74, 6) is 4.93. The molecule has 5 rings (SSSR count). The third-order valence-corrected chi connectivity index (χ3v) is 8.96. The quantitative estimate of drug-likeness (QED) is 0.717. The van der Waals surface area contributed by atoms with Crippen LogP contribution in [0.25, 0.3) is 0 Å². The van der Waals surface area contributed by atoms with Crippen molar-refractivity contribution < 1.29 is 0 Å². The van der Waals surface area contributed by atoms with Crippen molar-refractivity contribution in [3.05, 3.63) is 17.5 Å². The van der Waals surface area contributed by atoms with E-state index in [2.05, 4.69) is 37.2 Å². The van der Waals surface area contributed by atoms with Gasteiger partial charge in [-0.25, -0.2) is 0 Å². The first-order valence-corrected chi connectivity index (χ1v) is 10.0. The largest absolute Gasteiger partial charge is 0.282 e. The van der Waals surface area contributed by atoms with E-state index in [9.17, 15) is 0 Å². The van der Waals surface area contributed by atoms with Crippen molar-refractivity contribution in [1.82, 2.24) is 10.2 Å². The molecule has 2 heteroatoms. The van der Waals surface area contributed by atoms with E-state index in [1.807, 2.05) is 0 Å². The second kappa shape index (κ2) is 4.64. The summed E-state index contributed by atoms with van der Waals surface area (Å²) in [6.07, 6.45) is 13.6. The predicted molar refractivity (Wildman–Crippen MR) is 93.0 cm³/mol. The molecule has 1 N–H and O–H groups in total. The van der Waals surface area contributed by atoms with Crippen LogP contribution >= 0.6 is 0 Å². The number of rotatable bonds is 0. The molecular formula is C21H32N2. The van der Waals surface area contributed by atoms with Gasteiger partial charge in [0.05, 0.1) is 6.20 Å². The van der Waals surface area contributed by atoms with Crippen molar-refractivity contribution in [2.75, 3.05) is 0 Å². The number of aromatic nitrogens is 2. The molecular weight excluding hydrogens is 280 g/mol. The van der Waals surface area contributed by atoms with Gasteiger partial charge in [-0.15, -0.1) is 0 Å². The van der Waals surface area contributed by atoms with Crippen LogP contribution in [0, 0.1) is 40.4 Å². The maximum Gasteiger partial charge on any atom is 0.0522 e. The van der Waals surface area contributed by atoms with E-state index in [1.54, 1.807) is 0 Å². The first-order valence-electron chi connectivity index (χ1n) is 10.0. The molecule has 0 unspecified atom stereocenters. The van der Waals surface area contributed by atoms with Crippen LogP contribution in [0.15, 0.2) is 6.20 Å². The van der Waals surface area contributed by atoms with E-state index in [-0.39, 0.29) is 0 Å². The van der Waals surface area contributed by atoms with E-state index >= 15 is 0 Å². The topological polar surface area (TPSA) is 28.7 Å². The van der Waals surface area contributed by atoms with Crippen LogP contribution in [0.3, 0.4) is 0 Å². The summed E-state index contributed by atoms with van der Waals surface area (Å²) in [4.78, 5) is 0. The van der Waals surface area contributed by atoms with Crippen LogP contribution in [0.4, 0.5) is 0 Å².